The second-order valence-electron chi connectivity index (χ2n) is 7.76. The normalized spacial score (nSPS) is 17.8. The van der Waals surface area contributed by atoms with Crippen LogP contribution in [0.15, 0.2) is 22.3 Å². The zero-order valence-corrected chi connectivity index (χ0v) is 23.6. The summed E-state index contributed by atoms with van der Waals surface area (Å²) in [7, 11) is 4.76. The molecule has 0 unspecified atom stereocenters. The third-order valence-electron chi connectivity index (χ3n) is 5.95. The Kier molecular flexibility index (Phi) is 12.2. The molecule has 0 aromatic rings. The van der Waals surface area contributed by atoms with Crippen molar-refractivity contribution in [2.24, 2.45) is 17.3 Å². The predicted molar refractivity (Wildman–Crippen MR) is 129 cm³/mol. The van der Waals surface area contributed by atoms with E-state index in [1.807, 2.05) is 0 Å². The molecule has 226 valence electrons. The van der Waals surface area contributed by atoms with E-state index in [0.717, 1.165) is 42.7 Å². The number of carbonyl (C=O) groups excluding carboxylic acids is 8. The van der Waals surface area contributed by atoms with E-state index >= 15 is 0 Å². The predicted octanol–water partition coefficient (Wildman–Crippen LogP) is -1.02. The van der Waals surface area contributed by atoms with E-state index < -0.39 is 101 Å². The van der Waals surface area contributed by atoms with Gasteiger partial charge in [-0.15, -0.1) is 0 Å². The van der Waals surface area contributed by atoms with E-state index in [2.05, 4.69) is 0 Å². The van der Waals surface area contributed by atoms with Crippen molar-refractivity contribution in [3.05, 3.63) is 22.3 Å². The van der Waals surface area contributed by atoms with Gasteiger partial charge in [-0.2, -0.15) is 0 Å². The van der Waals surface area contributed by atoms with Gasteiger partial charge in [0.25, 0.3) is 0 Å². The smallest absolute Gasteiger partial charge is 0.339 e. The largest absolute Gasteiger partial charge is 0.469 e. The number of esters is 8. The maximum absolute atomic E-state index is 13.9. The van der Waals surface area contributed by atoms with E-state index in [0.29, 0.717) is 0 Å². The van der Waals surface area contributed by atoms with Gasteiger partial charge in [0.05, 0.1) is 78.2 Å². The van der Waals surface area contributed by atoms with Crippen LogP contribution in [0.25, 0.3) is 0 Å². The molecule has 0 amide bonds. The van der Waals surface area contributed by atoms with Gasteiger partial charge < -0.3 is 37.9 Å². The van der Waals surface area contributed by atoms with Gasteiger partial charge in [-0.1, -0.05) is 0 Å². The lowest BCUT2D eigenvalue weighted by molar-refractivity contribution is -0.185. The minimum Gasteiger partial charge on any atom is -0.469 e. The lowest BCUT2D eigenvalue weighted by Gasteiger charge is -2.37. The third kappa shape index (κ3) is 5.90. The zero-order chi connectivity index (χ0) is 31.7. The highest BCUT2D eigenvalue weighted by Crippen LogP contribution is 2.52. The maximum atomic E-state index is 13.9. The van der Waals surface area contributed by atoms with Crippen LogP contribution in [0.4, 0.5) is 0 Å². The van der Waals surface area contributed by atoms with Crippen molar-refractivity contribution in [1.82, 2.24) is 0 Å². The van der Waals surface area contributed by atoms with Crippen LogP contribution in [0.1, 0.15) is 13.8 Å². The van der Waals surface area contributed by atoms with Gasteiger partial charge in [-0.25, -0.2) is 19.2 Å². The molecule has 41 heavy (non-hydrogen) atoms. The number of methoxy groups -OCH3 is 6. The van der Waals surface area contributed by atoms with Gasteiger partial charge in [0.15, 0.2) is 0 Å². The van der Waals surface area contributed by atoms with Gasteiger partial charge in [-0.05, 0) is 13.8 Å². The minimum atomic E-state index is -3.45. The number of rotatable bonds is 10. The second kappa shape index (κ2) is 14.6. The second-order valence-corrected chi connectivity index (χ2v) is 7.76. The van der Waals surface area contributed by atoms with Gasteiger partial charge in [-0.3, -0.25) is 19.2 Å². The molecule has 1 aliphatic carbocycles. The summed E-state index contributed by atoms with van der Waals surface area (Å²) < 4.78 is 38.7. The number of hydrogen-bond acceptors (Lipinski definition) is 16. The van der Waals surface area contributed by atoms with Crippen LogP contribution in [0, 0.1) is 17.3 Å². The van der Waals surface area contributed by atoms with E-state index in [-0.39, 0.29) is 0 Å². The molecule has 0 radical (unpaired) electrons. The van der Waals surface area contributed by atoms with Crippen LogP contribution in [0.3, 0.4) is 0 Å². The Hall–Kier alpha value is -4.76. The quantitative estimate of drug-likeness (QED) is 0.170. The van der Waals surface area contributed by atoms with E-state index in [1.165, 1.54) is 13.8 Å². The summed E-state index contributed by atoms with van der Waals surface area (Å²) in [6, 6.07) is 0. The first-order valence-corrected chi connectivity index (χ1v) is 11.7. The standard InChI is InChI=1S/C25H30O16/c1-9-40-23(32)25(24(33)41-10-2)15(21(30)38-7)13(19(28)36-5)11(17(26)34-3)12(18(27)35-4)14(20(29)37-6)16(25)22(31)39-8/h13,15H,9-10H2,1-8H3/t13-,15-/m0/s1. The Labute approximate surface area is 233 Å². The van der Waals surface area contributed by atoms with Crippen molar-refractivity contribution in [1.29, 1.82) is 0 Å². The average Bonchev–Trinajstić information content (AvgIpc) is 3.10. The van der Waals surface area contributed by atoms with Crippen LogP contribution >= 0.6 is 0 Å². The molecule has 0 N–H and O–H groups in total. The molecular formula is C25H30O16. The monoisotopic (exact) mass is 586 g/mol. The Morgan fingerprint density at radius 2 is 0.976 bits per heavy atom. The molecule has 0 saturated heterocycles. The minimum absolute atomic E-state index is 0.486. The van der Waals surface area contributed by atoms with Crippen molar-refractivity contribution in [2.75, 3.05) is 55.9 Å². The molecule has 1 aliphatic rings. The van der Waals surface area contributed by atoms with Gasteiger partial charge in [0.2, 0.25) is 5.41 Å². The fourth-order valence-corrected chi connectivity index (χ4v) is 4.36. The summed E-state index contributed by atoms with van der Waals surface area (Å²) in [5.74, 6) is -18.0. The van der Waals surface area contributed by atoms with Crippen molar-refractivity contribution in [2.45, 2.75) is 13.8 Å². The Balaban J connectivity index is 5.08. The summed E-state index contributed by atoms with van der Waals surface area (Å²) in [5, 5.41) is 0. The Morgan fingerprint density at radius 3 is 1.34 bits per heavy atom. The number of ether oxygens (including phenoxy) is 8. The number of hydrogen-bond donors (Lipinski definition) is 0. The first kappa shape index (κ1) is 34.3. The molecular weight excluding hydrogens is 556 g/mol. The molecule has 0 aliphatic heterocycles. The SMILES string of the molecule is CCOC(=O)C1(C(=O)OCC)C(C(=O)OC)=C(C(=O)OC)C(C(=O)OC)=C(C(=O)OC)[C@H](C(=O)OC)[C@H]1C(=O)OC. The fraction of sp³-hybridized carbons (Fsp3) is 0.520. The van der Waals surface area contributed by atoms with Crippen LogP contribution < -0.4 is 0 Å². The average molecular weight is 586 g/mol. The highest BCUT2D eigenvalue weighted by atomic mass is 16.6. The van der Waals surface area contributed by atoms with Crippen LogP contribution in [0.5, 0.6) is 0 Å². The summed E-state index contributed by atoms with van der Waals surface area (Å²) >= 11 is 0. The van der Waals surface area contributed by atoms with Gasteiger partial charge in [0, 0.05) is 0 Å². The van der Waals surface area contributed by atoms with E-state index in [9.17, 15) is 38.4 Å². The summed E-state index contributed by atoms with van der Waals surface area (Å²) in [4.78, 5) is 108. The highest BCUT2D eigenvalue weighted by molar-refractivity contribution is 6.23. The van der Waals surface area contributed by atoms with E-state index in [1.54, 1.807) is 0 Å². The summed E-state index contributed by atoms with van der Waals surface area (Å²) in [6.45, 7) is 1.61. The Morgan fingerprint density at radius 1 is 0.561 bits per heavy atom. The topological polar surface area (TPSA) is 210 Å². The molecule has 16 heteroatoms. The molecule has 0 heterocycles. The molecule has 0 aromatic carbocycles. The summed E-state index contributed by atoms with van der Waals surface area (Å²) in [5.41, 5.74) is -8.39. The number of carbonyl (C=O) groups is 8. The molecule has 16 nitrogen and oxygen atoms in total. The van der Waals surface area contributed by atoms with Gasteiger partial charge in [0.1, 0.15) is 11.8 Å². The van der Waals surface area contributed by atoms with Crippen molar-refractivity contribution < 1.29 is 76.3 Å². The lowest BCUT2D eigenvalue weighted by Crippen LogP contribution is -2.57. The molecule has 0 bridgehead atoms. The van der Waals surface area contributed by atoms with Crippen molar-refractivity contribution in [3.8, 4) is 0 Å². The van der Waals surface area contributed by atoms with Crippen LogP contribution in [0.2, 0.25) is 0 Å². The molecule has 0 saturated carbocycles. The zero-order valence-electron chi connectivity index (χ0n) is 23.6. The maximum Gasteiger partial charge on any atom is 0.339 e. The molecule has 0 fully saturated rings. The first-order valence-electron chi connectivity index (χ1n) is 11.7. The lowest BCUT2D eigenvalue weighted by atomic mass is 9.63. The van der Waals surface area contributed by atoms with Crippen LogP contribution in [-0.2, 0) is 76.3 Å². The van der Waals surface area contributed by atoms with Crippen molar-refractivity contribution in [3.63, 3.8) is 0 Å². The molecule has 1 rings (SSSR count). The summed E-state index contributed by atoms with van der Waals surface area (Å²) in [6.07, 6.45) is 0. The molecule has 2 atom stereocenters. The third-order valence-corrected chi connectivity index (χ3v) is 5.95. The first-order chi connectivity index (χ1) is 19.4. The van der Waals surface area contributed by atoms with Crippen LogP contribution in [-0.4, -0.2) is 104 Å². The fourth-order valence-electron chi connectivity index (χ4n) is 4.36. The van der Waals surface area contributed by atoms with Crippen molar-refractivity contribution >= 4 is 47.8 Å². The molecule has 0 aromatic heterocycles. The highest BCUT2D eigenvalue weighted by Gasteiger charge is 2.70. The van der Waals surface area contributed by atoms with E-state index in [4.69, 9.17) is 37.9 Å². The molecule has 0 spiro atoms. The Bertz CT molecular complexity index is 1170. The van der Waals surface area contributed by atoms with Gasteiger partial charge >= 0.3 is 47.8 Å².